The van der Waals surface area contributed by atoms with Crippen LogP contribution in [0, 0.1) is 5.82 Å². The highest BCUT2D eigenvalue weighted by atomic mass is 19.1. The lowest BCUT2D eigenvalue weighted by Crippen LogP contribution is -2.21. The minimum Gasteiger partial charge on any atom is -0.336 e. The molecule has 0 aliphatic carbocycles. The molecular formula is C26H20FN3O. The average Bonchev–Trinajstić information content (AvgIpc) is 3.28. The van der Waals surface area contributed by atoms with Crippen LogP contribution in [0.25, 0.3) is 17.0 Å². The molecule has 0 saturated carbocycles. The summed E-state index contributed by atoms with van der Waals surface area (Å²) in [5.74, 6) is -0.421. The second kappa shape index (κ2) is 7.69. The third kappa shape index (κ3) is 3.44. The first kappa shape index (κ1) is 19.0. The van der Waals surface area contributed by atoms with Gasteiger partial charge in [0.25, 0.3) is 5.91 Å². The van der Waals surface area contributed by atoms with E-state index >= 15 is 0 Å². The van der Waals surface area contributed by atoms with Gasteiger partial charge in [0.2, 0.25) is 0 Å². The Morgan fingerprint density at radius 2 is 1.65 bits per heavy atom. The molecule has 0 radical (unpaired) electrons. The van der Waals surface area contributed by atoms with E-state index < -0.39 is 0 Å². The summed E-state index contributed by atoms with van der Waals surface area (Å²) in [6.45, 7) is 2.20. The van der Waals surface area contributed by atoms with Gasteiger partial charge in [-0.3, -0.25) is 4.79 Å². The van der Waals surface area contributed by atoms with Crippen LogP contribution in [0.5, 0.6) is 0 Å². The highest BCUT2D eigenvalue weighted by Crippen LogP contribution is 2.28. The average molecular weight is 409 g/mol. The number of anilines is 1. The van der Waals surface area contributed by atoms with Crippen molar-refractivity contribution in [1.29, 1.82) is 0 Å². The third-order valence-electron chi connectivity index (χ3n) is 5.48. The summed E-state index contributed by atoms with van der Waals surface area (Å²) in [5.41, 5.74) is 4.31. The number of para-hydroxylation sites is 2. The van der Waals surface area contributed by atoms with Crippen LogP contribution in [0.4, 0.5) is 10.1 Å². The predicted molar refractivity (Wildman–Crippen MR) is 122 cm³/mol. The van der Waals surface area contributed by atoms with Crippen molar-refractivity contribution in [2.75, 3.05) is 5.01 Å². The maximum atomic E-state index is 14.4. The van der Waals surface area contributed by atoms with Crippen molar-refractivity contribution in [2.45, 2.75) is 13.5 Å². The molecule has 0 saturated heterocycles. The zero-order valence-corrected chi connectivity index (χ0v) is 17.0. The Labute approximate surface area is 179 Å². The zero-order chi connectivity index (χ0) is 21.4. The van der Waals surface area contributed by atoms with E-state index in [-0.39, 0.29) is 11.7 Å². The normalized spacial score (nSPS) is 15.2. The fraction of sp³-hybridized carbons (Fsp3) is 0.0769. The lowest BCUT2D eigenvalue weighted by Gasteiger charge is -2.12. The van der Waals surface area contributed by atoms with Gasteiger partial charge in [-0.15, -0.1) is 0 Å². The van der Waals surface area contributed by atoms with E-state index in [1.165, 1.54) is 11.1 Å². The van der Waals surface area contributed by atoms with Gasteiger partial charge in [-0.25, -0.2) is 4.39 Å². The smallest absolute Gasteiger partial charge is 0.280 e. The standard InChI is InChI=1S/C26H20FN3O/c1-18-23(26(31)30(28-18)21-11-3-2-4-12-21)16-22-15-19-9-6-8-14-25(19)29(22)17-20-10-5-7-13-24(20)27/h2-16H,17H2,1H3. The molecule has 0 bridgehead atoms. The molecule has 4 nitrogen and oxygen atoms in total. The molecule has 2 heterocycles. The Morgan fingerprint density at radius 1 is 0.935 bits per heavy atom. The van der Waals surface area contributed by atoms with Gasteiger partial charge in [-0.2, -0.15) is 10.1 Å². The van der Waals surface area contributed by atoms with Crippen molar-refractivity contribution in [3.8, 4) is 0 Å². The SMILES string of the molecule is CC1=NN(c2ccccc2)C(=O)C1=Cc1cc2ccccc2n1Cc1ccccc1F. The van der Waals surface area contributed by atoms with E-state index in [9.17, 15) is 9.18 Å². The number of benzene rings is 3. The topological polar surface area (TPSA) is 37.6 Å². The Morgan fingerprint density at radius 3 is 2.45 bits per heavy atom. The molecule has 1 aliphatic rings. The molecule has 0 fully saturated rings. The van der Waals surface area contributed by atoms with Crippen LogP contribution in [-0.4, -0.2) is 16.2 Å². The Bertz CT molecular complexity index is 1350. The molecule has 0 atom stereocenters. The number of hydrogen-bond acceptors (Lipinski definition) is 2. The number of rotatable bonds is 4. The van der Waals surface area contributed by atoms with Crippen LogP contribution >= 0.6 is 0 Å². The molecule has 3 aromatic carbocycles. The highest BCUT2D eigenvalue weighted by Gasteiger charge is 2.29. The molecule has 31 heavy (non-hydrogen) atoms. The molecule has 0 unspecified atom stereocenters. The number of halogens is 1. The van der Waals surface area contributed by atoms with Crippen molar-refractivity contribution in [1.82, 2.24) is 4.57 Å². The Hall–Kier alpha value is -3.99. The maximum absolute atomic E-state index is 14.4. The number of carbonyl (C=O) groups excluding carboxylic acids is 1. The van der Waals surface area contributed by atoms with Gasteiger partial charge in [0, 0.05) is 22.2 Å². The first-order chi connectivity index (χ1) is 15.1. The summed E-state index contributed by atoms with van der Waals surface area (Å²) in [6, 6.07) is 26.1. The molecule has 1 aromatic heterocycles. The second-order valence-corrected chi connectivity index (χ2v) is 7.50. The lowest BCUT2D eigenvalue weighted by atomic mass is 10.1. The lowest BCUT2D eigenvalue weighted by molar-refractivity contribution is -0.114. The van der Waals surface area contributed by atoms with E-state index in [0.29, 0.717) is 23.4 Å². The van der Waals surface area contributed by atoms with Crippen molar-refractivity contribution >= 4 is 34.3 Å². The maximum Gasteiger partial charge on any atom is 0.280 e. The first-order valence-corrected chi connectivity index (χ1v) is 10.1. The van der Waals surface area contributed by atoms with E-state index in [4.69, 9.17) is 0 Å². The number of hydrogen-bond donors (Lipinski definition) is 0. The molecule has 5 rings (SSSR count). The van der Waals surface area contributed by atoms with Gasteiger partial charge in [-0.05, 0) is 43.3 Å². The van der Waals surface area contributed by atoms with Gasteiger partial charge in [0.05, 0.1) is 23.5 Å². The minimum absolute atomic E-state index is 0.175. The second-order valence-electron chi connectivity index (χ2n) is 7.50. The summed E-state index contributed by atoms with van der Waals surface area (Å²) < 4.78 is 16.4. The quantitative estimate of drug-likeness (QED) is 0.402. The molecule has 1 amide bonds. The largest absolute Gasteiger partial charge is 0.336 e. The van der Waals surface area contributed by atoms with Crippen LogP contribution < -0.4 is 5.01 Å². The van der Waals surface area contributed by atoms with Gasteiger partial charge >= 0.3 is 0 Å². The van der Waals surface area contributed by atoms with Crippen molar-refractivity contribution < 1.29 is 9.18 Å². The van der Waals surface area contributed by atoms with Crippen LogP contribution in [0.15, 0.2) is 95.6 Å². The summed E-state index contributed by atoms with van der Waals surface area (Å²) >= 11 is 0. The predicted octanol–water partition coefficient (Wildman–Crippen LogP) is 5.63. The van der Waals surface area contributed by atoms with E-state index in [0.717, 1.165) is 22.3 Å². The highest BCUT2D eigenvalue weighted by molar-refractivity contribution is 6.32. The number of amides is 1. The van der Waals surface area contributed by atoms with E-state index in [2.05, 4.69) is 5.10 Å². The summed E-state index contributed by atoms with van der Waals surface area (Å²) in [6.07, 6.45) is 1.85. The number of fused-ring (bicyclic) bond motifs is 1. The van der Waals surface area contributed by atoms with Crippen molar-refractivity contribution in [3.05, 3.63) is 108 Å². The molecule has 0 spiro atoms. The van der Waals surface area contributed by atoms with Gasteiger partial charge in [-0.1, -0.05) is 54.6 Å². The monoisotopic (exact) mass is 409 g/mol. The summed E-state index contributed by atoms with van der Waals surface area (Å²) in [5, 5.41) is 6.92. The van der Waals surface area contributed by atoms with Crippen molar-refractivity contribution in [3.63, 3.8) is 0 Å². The number of hydrazone groups is 1. The first-order valence-electron chi connectivity index (χ1n) is 10.1. The summed E-state index contributed by atoms with van der Waals surface area (Å²) in [7, 11) is 0. The zero-order valence-electron chi connectivity index (χ0n) is 17.0. The molecule has 1 aliphatic heterocycles. The Kier molecular flexibility index (Phi) is 4.71. The fourth-order valence-electron chi connectivity index (χ4n) is 3.90. The number of carbonyl (C=O) groups is 1. The van der Waals surface area contributed by atoms with Crippen LogP contribution in [0.2, 0.25) is 0 Å². The molecular weight excluding hydrogens is 389 g/mol. The molecule has 152 valence electrons. The summed E-state index contributed by atoms with van der Waals surface area (Å²) in [4.78, 5) is 13.1. The van der Waals surface area contributed by atoms with Gasteiger partial charge < -0.3 is 4.57 Å². The van der Waals surface area contributed by atoms with E-state index in [1.54, 1.807) is 12.1 Å². The Balaban J connectivity index is 1.59. The fourth-order valence-corrected chi connectivity index (χ4v) is 3.90. The van der Waals surface area contributed by atoms with Crippen LogP contribution in [0.1, 0.15) is 18.2 Å². The number of nitrogens with zero attached hydrogens (tertiary/aromatic N) is 3. The van der Waals surface area contributed by atoms with Gasteiger partial charge in [0.1, 0.15) is 5.82 Å². The minimum atomic E-state index is -0.246. The number of aromatic nitrogens is 1. The van der Waals surface area contributed by atoms with Crippen LogP contribution in [0.3, 0.4) is 0 Å². The van der Waals surface area contributed by atoms with Crippen molar-refractivity contribution in [2.24, 2.45) is 5.10 Å². The third-order valence-corrected chi connectivity index (χ3v) is 5.48. The molecule has 0 N–H and O–H groups in total. The van der Waals surface area contributed by atoms with E-state index in [1.807, 2.05) is 84.3 Å². The molecule has 5 heteroatoms. The van der Waals surface area contributed by atoms with Crippen LogP contribution in [-0.2, 0) is 11.3 Å². The molecule has 4 aromatic rings. The van der Waals surface area contributed by atoms with Gasteiger partial charge in [0.15, 0.2) is 0 Å².